The van der Waals surface area contributed by atoms with Crippen LogP contribution in [0.3, 0.4) is 0 Å². The Bertz CT molecular complexity index is 1300. The highest BCUT2D eigenvalue weighted by Crippen LogP contribution is 2.35. The molecule has 0 fully saturated rings. The number of hydrogen-bond acceptors (Lipinski definition) is 7. The molecule has 0 atom stereocenters. The number of hydrogen-bond donors (Lipinski definition) is 2. The largest absolute Gasteiger partial charge is 0.462 e. The molecule has 0 aliphatic carbocycles. The van der Waals surface area contributed by atoms with E-state index in [9.17, 15) is 28.9 Å². The lowest BCUT2D eigenvalue weighted by atomic mass is 10.1. The standard InChI is InChI=1S/C23H20FN3O6S/c1-4-33-23(30)18-13(3)19(21(29)25-16-8-6-5-7-15(16)24)34-22(18)26-20(28)14-10-9-12(2)17(11-14)27(31)32/h5-11H,4H2,1-3H3,(H,25,29)(H,26,28). The van der Waals surface area contributed by atoms with Gasteiger partial charge in [0.1, 0.15) is 10.8 Å². The van der Waals surface area contributed by atoms with E-state index in [2.05, 4.69) is 10.6 Å². The van der Waals surface area contributed by atoms with Gasteiger partial charge in [0.25, 0.3) is 17.5 Å². The van der Waals surface area contributed by atoms with Crippen molar-refractivity contribution < 1.29 is 28.4 Å². The van der Waals surface area contributed by atoms with Gasteiger partial charge in [0.15, 0.2) is 0 Å². The molecule has 0 saturated heterocycles. The Hall–Kier alpha value is -4.12. The molecule has 0 bridgehead atoms. The van der Waals surface area contributed by atoms with E-state index in [0.29, 0.717) is 5.56 Å². The van der Waals surface area contributed by atoms with E-state index in [0.717, 1.165) is 17.4 Å². The Morgan fingerprint density at radius 3 is 2.44 bits per heavy atom. The van der Waals surface area contributed by atoms with Gasteiger partial charge in [0.05, 0.1) is 27.7 Å². The van der Waals surface area contributed by atoms with Crippen molar-refractivity contribution in [3.8, 4) is 0 Å². The Morgan fingerprint density at radius 1 is 1.09 bits per heavy atom. The molecular formula is C23H20FN3O6S. The third-order valence-corrected chi connectivity index (χ3v) is 6.06. The SMILES string of the molecule is CCOC(=O)c1c(NC(=O)c2ccc(C)c([N+](=O)[O-])c2)sc(C(=O)Nc2ccccc2F)c1C. The molecule has 9 nitrogen and oxygen atoms in total. The van der Waals surface area contributed by atoms with E-state index in [1.54, 1.807) is 19.9 Å². The average molecular weight is 485 g/mol. The van der Waals surface area contributed by atoms with Crippen molar-refractivity contribution in [2.24, 2.45) is 0 Å². The molecule has 11 heteroatoms. The second-order valence-electron chi connectivity index (χ2n) is 7.13. The van der Waals surface area contributed by atoms with E-state index < -0.39 is 28.5 Å². The molecule has 2 amide bonds. The van der Waals surface area contributed by atoms with Crippen molar-refractivity contribution in [1.82, 2.24) is 0 Å². The average Bonchev–Trinajstić information content (AvgIpc) is 3.11. The number of rotatable bonds is 7. The topological polar surface area (TPSA) is 128 Å². The summed E-state index contributed by atoms with van der Waals surface area (Å²) >= 11 is 0.809. The fraction of sp³-hybridized carbons (Fsp3) is 0.174. The molecule has 3 rings (SSSR count). The van der Waals surface area contributed by atoms with Crippen molar-refractivity contribution in [3.63, 3.8) is 0 Å². The molecule has 0 unspecified atom stereocenters. The molecule has 2 aromatic carbocycles. The Kier molecular flexibility index (Phi) is 7.37. The first-order valence-electron chi connectivity index (χ1n) is 10.1. The lowest BCUT2D eigenvalue weighted by Crippen LogP contribution is -2.15. The summed E-state index contributed by atoms with van der Waals surface area (Å²) < 4.78 is 19.0. The second-order valence-corrected chi connectivity index (χ2v) is 8.15. The number of ether oxygens (including phenoxy) is 1. The van der Waals surface area contributed by atoms with Crippen LogP contribution in [-0.4, -0.2) is 29.3 Å². The van der Waals surface area contributed by atoms with Gasteiger partial charge in [0, 0.05) is 17.2 Å². The summed E-state index contributed by atoms with van der Waals surface area (Å²) in [6, 6.07) is 9.57. The van der Waals surface area contributed by atoms with Crippen LogP contribution in [-0.2, 0) is 4.74 Å². The van der Waals surface area contributed by atoms with Crippen molar-refractivity contribution >= 4 is 45.5 Å². The number of para-hydroxylation sites is 1. The molecule has 176 valence electrons. The minimum absolute atomic E-state index is 0.00415. The number of benzene rings is 2. The highest BCUT2D eigenvalue weighted by Gasteiger charge is 2.27. The number of amides is 2. The molecule has 0 radical (unpaired) electrons. The number of halogens is 1. The van der Waals surface area contributed by atoms with Gasteiger partial charge in [0.2, 0.25) is 0 Å². The molecule has 34 heavy (non-hydrogen) atoms. The van der Waals surface area contributed by atoms with Gasteiger partial charge >= 0.3 is 5.97 Å². The Balaban J connectivity index is 1.98. The van der Waals surface area contributed by atoms with Gasteiger partial charge in [-0.2, -0.15) is 0 Å². The van der Waals surface area contributed by atoms with E-state index in [-0.39, 0.29) is 44.6 Å². The number of nitro groups is 1. The van der Waals surface area contributed by atoms with Gasteiger partial charge in [-0.3, -0.25) is 19.7 Å². The van der Waals surface area contributed by atoms with Crippen molar-refractivity contribution in [2.75, 3.05) is 17.2 Å². The van der Waals surface area contributed by atoms with Gasteiger partial charge in [-0.05, 0) is 44.5 Å². The number of nitrogens with zero attached hydrogens (tertiary/aromatic N) is 1. The van der Waals surface area contributed by atoms with Crippen LogP contribution in [0.5, 0.6) is 0 Å². The van der Waals surface area contributed by atoms with Crippen LogP contribution < -0.4 is 10.6 Å². The maximum absolute atomic E-state index is 14.0. The Labute approximate surface area is 197 Å². The lowest BCUT2D eigenvalue weighted by Gasteiger charge is -2.08. The molecular weight excluding hydrogens is 465 g/mol. The van der Waals surface area contributed by atoms with Gasteiger partial charge in [-0.15, -0.1) is 11.3 Å². The molecule has 1 heterocycles. The quantitative estimate of drug-likeness (QED) is 0.272. The van der Waals surface area contributed by atoms with E-state index >= 15 is 0 Å². The van der Waals surface area contributed by atoms with Crippen LogP contribution in [0.15, 0.2) is 42.5 Å². The van der Waals surface area contributed by atoms with Crippen molar-refractivity contribution in [1.29, 1.82) is 0 Å². The molecule has 0 saturated carbocycles. The van der Waals surface area contributed by atoms with Crippen LogP contribution in [0, 0.1) is 29.8 Å². The summed E-state index contributed by atoms with van der Waals surface area (Å²) in [5.74, 6) is -2.78. The number of thiophene rings is 1. The molecule has 0 aliphatic rings. The summed E-state index contributed by atoms with van der Waals surface area (Å²) in [4.78, 5) is 48.9. The zero-order valence-electron chi connectivity index (χ0n) is 18.4. The van der Waals surface area contributed by atoms with Crippen LogP contribution in [0.2, 0.25) is 0 Å². The number of nitro benzene ring substituents is 1. The summed E-state index contributed by atoms with van der Waals surface area (Å²) in [6.07, 6.45) is 0. The number of esters is 1. The number of aryl methyl sites for hydroxylation is 1. The van der Waals surface area contributed by atoms with E-state index in [4.69, 9.17) is 4.74 Å². The highest BCUT2D eigenvalue weighted by molar-refractivity contribution is 7.19. The number of anilines is 2. The van der Waals surface area contributed by atoms with Crippen molar-refractivity contribution in [3.05, 3.63) is 85.5 Å². The molecule has 2 N–H and O–H groups in total. The maximum Gasteiger partial charge on any atom is 0.341 e. The van der Waals surface area contributed by atoms with Gasteiger partial charge in [-0.25, -0.2) is 9.18 Å². The Morgan fingerprint density at radius 2 is 1.79 bits per heavy atom. The van der Waals surface area contributed by atoms with Crippen LogP contribution in [0.25, 0.3) is 0 Å². The maximum atomic E-state index is 14.0. The fourth-order valence-electron chi connectivity index (χ4n) is 3.13. The molecule has 0 spiro atoms. The minimum Gasteiger partial charge on any atom is -0.462 e. The second kappa shape index (κ2) is 10.2. The van der Waals surface area contributed by atoms with Crippen LogP contribution in [0.4, 0.5) is 20.8 Å². The summed E-state index contributed by atoms with van der Waals surface area (Å²) in [7, 11) is 0. The summed E-state index contributed by atoms with van der Waals surface area (Å²) in [6.45, 7) is 4.71. The predicted molar refractivity (Wildman–Crippen MR) is 125 cm³/mol. The van der Waals surface area contributed by atoms with E-state index in [1.807, 2.05) is 0 Å². The zero-order valence-corrected chi connectivity index (χ0v) is 19.2. The van der Waals surface area contributed by atoms with Gasteiger partial charge in [-0.1, -0.05) is 18.2 Å². The summed E-state index contributed by atoms with van der Waals surface area (Å²) in [5, 5.41) is 16.2. The lowest BCUT2D eigenvalue weighted by molar-refractivity contribution is -0.385. The number of carbonyl (C=O) groups excluding carboxylic acids is 3. The van der Waals surface area contributed by atoms with Crippen LogP contribution in [0.1, 0.15) is 48.4 Å². The smallest absolute Gasteiger partial charge is 0.341 e. The predicted octanol–water partition coefficient (Wildman–Crippen LogP) is 5.09. The molecule has 3 aromatic rings. The minimum atomic E-state index is -0.758. The first-order chi connectivity index (χ1) is 16.1. The van der Waals surface area contributed by atoms with Crippen LogP contribution >= 0.6 is 11.3 Å². The fourth-order valence-corrected chi connectivity index (χ4v) is 4.22. The van der Waals surface area contributed by atoms with E-state index in [1.165, 1.54) is 37.3 Å². The highest BCUT2D eigenvalue weighted by atomic mass is 32.1. The normalized spacial score (nSPS) is 10.5. The number of carbonyl (C=O) groups is 3. The monoisotopic (exact) mass is 485 g/mol. The number of nitrogens with one attached hydrogen (secondary N) is 2. The third kappa shape index (κ3) is 5.09. The van der Waals surface area contributed by atoms with Gasteiger partial charge < -0.3 is 15.4 Å². The molecule has 1 aromatic heterocycles. The zero-order chi connectivity index (χ0) is 25.0. The first-order valence-corrected chi connectivity index (χ1v) is 10.9. The first kappa shape index (κ1) is 24.5. The van der Waals surface area contributed by atoms with Crippen molar-refractivity contribution in [2.45, 2.75) is 20.8 Å². The molecule has 0 aliphatic heterocycles. The summed E-state index contributed by atoms with van der Waals surface area (Å²) in [5.41, 5.74) is 0.312. The third-order valence-electron chi connectivity index (χ3n) is 4.85.